The normalized spacial score (nSPS) is 10.7. The van der Waals surface area contributed by atoms with E-state index >= 15 is 0 Å². The lowest BCUT2D eigenvalue weighted by molar-refractivity contribution is 0.527. The molecule has 0 saturated heterocycles. The highest BCUT2D eigenvalue weighted by molar-refractivity contribution is 6.16. The Labute approximate surface area is 84.1 Å². The van der Waals surface area contributed by atoms with Gasteiger partial charge in [-0.25, -0.2) is 4.68 Å². The van der Waals surface area contributed by atoms with Crippen LogP contribution in [-0.2, 0) is 12.4 Å². The minimum atomic E-state index is 0.458. The van der Waals surface area contributed by atoms with Crippen molar-refractivity contribution in [2.45, 2.75) is 45.5 Å². The number of hydrogen-bond acceptors (Lipinski definition) is 2. The summed E-state index contributed by atoms with van der Waals surface area (Å²) in [6.45, 7) is 5.17. The summed E-state index contributed by atoms with van der Waals surface area (Å²) < 4.78 is 1.94. The molecule has 13 heavy (non-hydrogen) atoms. The number of nitrogens with zero attached hydrogens (tertiary/aromatic N) is 3. The molecule has 0 amide bonds. The fourth-order valence-corrected chi connectivity index (χ4v) is 1.49. The van der Waals surface area contributed by atoms with Gasteiger partial charge in [-0.3, -0.25) is 0 Å². The van der Waals surface area contributed by atoms with Crippen molar-refractivity contribution in [1.29, 1.82) is 0 Å². The summed E-state index contributed by atoms with van der Waals surface area (Å²) in [6, 6.07) is 0. The average molecular weight is 202 g/mol. The Kier molecular flexibility index (Phi) is 4.22. The van der Waals surface area contributed by atoms with Crippen LogP contribution >= 0.6 is 11.6 Å². The van der Waals surface area contributed by atoms with Crippen LogP contribution in [0.4, 0.5) is 0 Å². The van der Waals surface area contributed by atoms with Gasteiger partial charge in [0.1, 0.15) is 5.69 Å². The molecule has 0 fully saturated rings. The van der Waals surface area contributed by atoms with Crippen LogP contribution < -0.4 is 0 Å². The summed E-state index contributed by atoms with van der Waals surface area (Å²) in [5.74, 6) is 0.458. The zero-order chi connectivity index (χ0) is 9.68. The molecule has 0 bridgehead atoms. The third kappa shape index (κ3) is 2.69. The van der Waals surface area contributed by atoms with Crippen molar-refractivity contribution < 1.29 is 0 Å². The molecule has 1 heterocycles. The summed E-state index contributed by atoms with van der Waals surface area (Å²) in [5.41, 5.74) is 2.00. The Morgan fingerprint density at radius 3 is 2.69 bits per heavy atom. The van der Waals surface area contributed by atoms with Crippen molar-refractivity contribution in [3.05, 3.63) is 11.4 Å². The van der Waals surface area contributed by atoms with Crippen molar-refractivity contribution in [2.24, 2.45) is 0 Å². The third-order valence-electron chi connectivity index (χ3n) is 2.18. The van der Waals surface area contributed by atoms with Crippen LogP contribution in [0.25, 0.3) is 0 Å². The number of rotatable bonds is 5. The van der Waals surface area contributed by atoms with Crippen molar-refractivity contribution in [3.63, 3.8) is 0 Å². The molecule has 1 aromatic heterocycles. The summed E-state index contributed by atoms with van der Waals surface area (Å²) in [5, 5.41) is 8.03. The number of hydrogen-bond donors (Lipinski definition) is 0. The second kappa shape index (κ2) is 5.22. The molecular weight excluding hydrogens is 186 g/mol. The highest BCUT2D eigenvalue weighted by Crippen LogP contribution is 2.07. The molecule has 0 saturated carbocycles. The van der Waals surface area contributed by atoms with Gasteiger partial charge in [0.15, 0.2) is 0 Å². The van der Waals surface area contributed by atoms with E-state index in [4.69, 9.17) is 11.6 Å². The van der Waals surface area contributed by atoms with Crippen molar-refractivity contribution in [1.82, 2.24) is 15.0 Å². The van der Waals surface area contributed by atoms with Crippen molar-refractivity contribution >= 4 is 11.6 Å². The fraction of sp³-hybridized carbons (Fsp3) is 0.778. The highest BCUT2D eigenvalue weighted by atomic mass is 35.5. The molecule has 0 atom stereocenters. The summed E-state index contributed by atoms with van der Waals surface area (Å²) >= 11 is 5.69. The average Bonchev–Trinajstić information content (AvgIpc) is 2.48. The quantitative estimate of drug-likeness (QED) is 0.542. The van der Waals surface area contributed by atoms with Gasteiger partial charge in [0, 0.05) is 6.54 Å². The number of alkyl halides is 1. The molecule has 74 valence electrons. The van der Waals surface area contributed by atoms with Gasteiger partial charge in [-0.15, -0.1) is 16.7 Å². The molecular formula is C9H16ClN3. The van der Waals surface area contributed by atoms with Crippen LogP contribution in [-0.4, -0.2) is 15.0 Å². The maximum absolute atomic E-state index is 5.69. The predicted molar refractivity (Wildman–Crippen MR) is 53.8 cm³/mol. The molecule has 0 radical (unpaired) electrons. The molecule has 1 aromatic rings. The lowest BCUT2D eigenvalue weighted by Crippen LogP contribution is -2.02. The molecule has 0 aliphatic carbocycles. The Balaban J connectivity index is 2.51. The Bertz CT molecular complexity index is 257. The Morgan fingerprint density at radius 2 is 2.15 bits per heavy atom. The van der Waals surface area contributed by atoms with E-state index in [0.717, 1.165) is 17.9 Å². The Hall–Kier alpha value is -0.570. The van der Waals surface area contributed by atoms with Gasteiger partial charge in [0.2, 0.25) is 0 Å². The van der Waals surface area contributed by atoms with Gasteiger partial charge >= 0.3 is 0 Å². The molecule has 0 N–H and O–H groups in total. The Morgan fingerprint density at radius 1 is 1.38 bits per heavy atom. The topological polar surface area (TPSA) is 30.7 Å². The van der Waals surface area contributed by atoms with E-state index < -0.39 is 0 Å². The molecule has 3 nitrogen and oxygen atoms in total. The maximum Gasteiger partial charge on any atom is 0.100 e. The van der Waals surface area contributed by atoms with Crippen molar-refractivity contribution in [2.75, 3.05) is 0 Å². The van der Waals surface area contributed by atoms with Gasteiger partial charge in [-0.1, -0.05) is 25.0 Å². The van der Waals surface area contributed by atoms with E-state index in [9.17, 15) is 0 Å². The minimum absolute atomic E-state index is 0.458. The third-order valence-corrected chi connectivity index (χ3v) is 2.43. The first kappa shape index (κ1) is 10.5. The van der Waals surface area contributed by atoms with E-state index in [-0.39, 0.29) is 0 Å². The van der Waals surface area contributed by atoms with Crippen LogP contribution in [0.3, 0.4) is 0 Å². The zero-order valence-corrected chi connectivity index (χ0v) is 9.01. The first-order valence-corrected chi connectivity index (χ1v) is 5.28. The minimum Gasteiger partial charge on any atom is -0.249 e. The van der Waals surface area contributed by atoms with Gasteiger partial charge < -0.3 is 0 Å². The number of unbranched alkanes of at least 4 members (excludes halogenated alkanes) is 2. The molecule has 1 rings (SSSR count). The summed E-state index contributed by atoms with van der Waals surface area (Å²) in [6.07, 6.45) is 3.65. The van der Waals surface area contributed by atoms with E-state index in [2.05, 4.69) is 17.2 Å². The van der Waals surface area contributed by atoms with Gasteiger partial charge in [0.25, 0.3) is 0 Å². The summed E-state index contributed by atoms with van der Waals surface area (Å²) in [7, 11) is 0. The first-order valence-electron chi connectivity index (χ1n) is 4.74. The van der Waals surface area contributed by atoms with Crippen LogP contribution in [0.5, 0.6) is 0 Å². The smallest absolute Gasteiger partial charge is 0.100 e. The maximum atomic E-state index is 5.69. The molecule has 0 aliphatic heterocycles. The molecule has 4 heteroatoms. The number of halogens is 1. The highest BCUT2D eigenvalue weighted by Gasteiger charge is 2.05. The largest absolute Gasteiger partial charge is 0.249 e. The van der Waals surface area contributed by atoms with Gasteiger partial charge in [-0.2, -0.15) is 0 Å². The van der Waals surface area contributed by atoms with E-state index in [1.54, 1.807) is 0 Å². The van der Waals surface area contributed by atoms with Crippen LogP contribution in [0.15, 0.2) is 0 Å². The number of aryl methyl sites for hydroxylation is 1. The predicted octanol–water partition coefficient (Wildman–Crippen LogP) is 2.52. The van der Waals surface area contributed by atoms with Crippen LogP contribution in [0.1, 0.15) is 37.6 Å². The first-order chi connectivity index (χ1) is 6.29. The van der Waals surface area contributed by atoms with Gasteiger partial charge in [-0.05, 0) is 13.3 Å². The molecule has 0 aliphatic rings. The molecule has 0 unspecified atom stereocenters. The second-order valence-electron chi connectivity index (χ2n) is 3.19. The molecule has 0 spiro atoms. The van der Waals surface area contributed by atoms with E-state index in [0.29, 0.717) is 5.88 Å². The lowest BCUT2D eigenvalue weighted by atomic mass is 10.2. The molecule has 0 aromatic carbocycles. The SMILES string of the molecule is CCCCCn1nnc(CCl)c1C. The van der Waals surface area contributed by atoms with Crippen LogP contribution in [0.2, 0.25) is 0 Å². The summed E-state index contributed by atoms with van der Waals surface area (Å²) in [4.78, 5) is 0. The second-order valence-corrected chi connectivity index (χ2v) is 3.45. The van der Waals surface area contributed by atoms with E-state index in [1.807, 2.05) is 11.6 Å². The standard InChI is InChI=1S/C9H16ClN3/c1-3-4-5-6-13-8(2)9(7-10)11-12-13/h3-7H2,1-2H3. The van der Waals surface area contributed by atoms with E-state index in [1.165, 1.54) is 19.3 Å². The monoisotopic (exact) mass is 201 g/mol. The number of aromatic nitrogens is 3. The lowest BCUT2D eigenvalue weighted by Gasteiger charge is -2.01. The fourth-order valence-electron chi connectivity index (χ4n) is 1.24. The van der Waals surface area contributed by atoms with Crippen molar-refractivity contribution in [3.8, 4) is 0 Å². The zero-order valence-electron chi connectivity index (χ0n) is 8.26. The van der Waals surface area contributed by atoms with Crippen LogP contribution in [0, 0.1) is 6.92 Å². The van der Waals surface area contributed by atoms with Gasteiger partial charge in [0.05, 0.1) is 11.6 Å².